The normalized spacial score (nSPS) is 11.2. The minimum atomic E-state index is 0.109. The molecular formula is C23H27N7O2. The van der Waals surface area contributed by atoms with Gasteiger partial charge in [-0.05, 0) is 30.9 Å². The van der Waals surface area contributed by atoms with Crippen LogP contribution in [-0.4, -0.2) is 54.2 Å². The molecule has 0 spiro atoms. The lowest BCUT2D eigenvalue weighted by atomic mass is 10.1. The molecule has 166 valence electrons. The molecule has 0 amide bonds. The van der Waals surface area contributed by atoms with Gasteiger partial charge in [-0.3, -0.25) is 0 Å². The third kappa shape index (κ3) is 6.06. The first-order valence-corrected chi connectivity index (χ1v) is 10.2. The summed E-state index contributed by atoms with van der Waals surface area (Å²) in [6.45, 7) is 3.32. The summed E-state index contributed by atoms with van der Waals surface area (Å²) in [6, 6.07) is 9.99. The van der Waals surface area contributed by atoms with Crippen LogP contribution in [0.25, 0.3) is 10.8 Å². The van der Waals surface area contributed by atoms with Crippen molar-refractivity contribution in [1.29, 1.82) is 5.26 Å². The number of aromatic nitrogens is 3. The molecular weight excluding hydrogens is 406 g/mol. The van der Waals surface area contributed by atoms with Gasteiger partial charge in [-0.1, -0.05) is 12.1 Å². The molecule has 9 heteroatoms. The molecule has 0 unspecified atom stereocenters. The number of rotatable bonds is 10. The van der Waals surface area contributed by atoms with Crippen LogP contribution in [0.3, 0.4) is 0 Å². The van der Waals surface area contributed by atoms with Crippen molar-refractivity contribution < 1.29 is 9.47 Å². The maximum absolute atomic E-state index is 9.32. The summed E-state index contributed by atoms with van der Waals surface area (Å²) in [5.74, 6) is 1.76. The Labute approximate surface area is 187 Å². The number of hydrogen-bond donors (Lipinski definition) is 2. The van der Waals surface area contributed by atoms with E-state index in [9.17, 15) is 5.26 Å². The standard InChI is InChI=1S/C23H27N7O2/c1-16(15-30(2)3)32-23-20(12-24)26-14-22(29-23)28-21-11-17-7-5-8-19(18(17)13-27-21)25-9-6-10-31-4/h5,7-8,11,13-15,25H,6,9-10H2,1-4H3,(H,27,28,29)/b16-15-. The zero-order valence-corrected chi connectivity index (χ0v) is 18.7. The first-order chi connectivity index (χ1) is 15.5. The Hall–Kier alpha value is -3.90. The zero-order valence-electron chi connectivity index (χ0n) is 18.7. The van der Waals surface area contributed by atoms with Crippen LogP contribution in [0.1, 0.15) is 19.0 Å². The van der Waals surface area contributed by atoms with Gasteiger partial charge < -0.3 is 25.0 Å². The Morgan fingerprint density at radius 2 is 2.06 bits per heavy atom. The average molecular weight is 434 g/mol. The zero-order chi connectivity index (χ0) is 22.9. The van der Waals surface area contributed by atoms with Crippen LogP contribution in [0.2, 0.25) is 0 Å². The molecule has 3 aromatic rings. The van der Waals surface area contributed by atoms with Crippen molar-refractivity contribution in [3.8, 4) is 11.9 Å². The Morgan fingerprint density at radius 3 is 2.81 bits per heavy atom. The van der Waals surface area contributed by atoms with Gasteiger partial charge in [0.2, 0.25) is 5.69 Å². The van der Waals surface area contributed by atoms with Crippen LogP contribution in [0.4, 0.5) is 17.3 Å². The summed E-state index contributed by atoms with van der Waals surface area (Å²) in [6.07, 6.45) is 6.00. The molecule has 9 nitrogen and oxygen atoms in total. The Kier molecular flexibility index (Phi) is 7.78. The minimum absolute atomic E-state index is 0.109. The van der Waals surface area contributed by atoms with E-state index in [-0.39, 0.29) is 11.6 Å². The van der Waals surface area contributed by atoms with E-state index < -0.39 is 0 Å². The summed E-state index contributed by atoms with van der Waals surface area (Å²) in [4.78, 5) is 14.9. The highest BCUT2D eigenvalue weighted by Gasteiger charge is 2.11. The number of nitrogens with zero attached hydrogens (tertiary/aromatic N) is 5. The number of hydrogen-bond acceptors (Lipinski definition) is 9. The number of nitrogens with one attached hydrogen (secondary N) is 2. The van der Waals surface area contributed by atoms with Crippen molar-refractivity contribution in [3.63, 3.8) is 0 Å². The second-order valence-electron chi connectivity index (χ2n) is 7.32. The maximum Gasteiger partial charge on any atom is 0.258 e. The van der Waals surface area contributed by atoms with Gasteiger partial charge >= 0.3 is 0 Å². The largest absolute Gasteiger partial charge is 0.440 e. The first kappa shape index (κ1) is 22.8. The fourth-order valence-electron chi connectivity index (χ4n) is 3.09. The van der Waals surface area contributed by atoms with E-state index in [0.29, 0.717) is 24.0 Å². The molecule has 1 aromatic carbocycles. The number of ether oxygens (including phenoxy) is 2. The minimum Gasteiger partial charge on any atom is -0.440 e. The van der Waals surface area contributed by atoms with E-state index in [4.69, 9.17) is 9.47 Å². The van der Waals surface area contributed by atoms with Crippen molar-refractivity contribution in [2.45, 2.75) is 13.3 Å². The fourth-order valence-corrected chi connectivity index (χ4v) is 3.09. The third-order valence-corrected chi connectivity index (χ3v) is 4.41. The third-order valence-electron chi connectivity index (χ3n) is 4.41. The second kappa shape index (κ2) is 10.9. The van der Waals surface area contributed by atoms with E-state index in [1.165, 1.54) is 6.20 Å². The molecule has 3 rings (SSSR count). The van der Waals surface area contributed by atoms with Crippen molar-refractivity contribution in [2.75, 3.05) is 45.0 Å². The fraction of sp³-hybridized carbons (Fsp3) is 0.304. The van der Waals surface area contributed by atoms with Crippen LogP contribution >= 0.6 is 0 Å². The second-order valence-corrected chi connectivity index (χ2v) is 7.32. The molecule has 0 bridgehead atoms. The predicted molar refractivity (Wildman–Crippen MR) is 125 cm³/mol. The number of methoxy groups -OCH3 is 1. The highest BCUT2D eigenvalue weighted by Crippen LogP contribution is 2.26. The van der Waals surface area contributed by atoms with E-state index in [0.717, 1.165) is 29.4 Å². The first-order valence-electron chi connectivity index (χ1n) is 10.2. The molecule has 0 aliphatic rings. The smallest absolute Gasteiger partial charge is 0.258 e. The highest BCUT2D eigenvalue weighted by atomic mass is 16.5. The van der Waals surface area contributed by atoms with Gasteiger partial charge in [-0.2, -0.15) is 10.2 Å². The van der Waals surface area contributed by atoms with Gasteiger partial charge in [-0.15, -0.1) is 0 Å². The Morgan fingerprint density at radius 1 is 1.22 bits per heavy atom. The number of anilines is 3. The molecule has 0 fully saturated rings. The molecule has 2 aromatic heterocycles. The van der Waals surface area contributed by atoms with E-state index in [1.54, 1.807) is 20.2 Å². The molecule has 0 atom stereocenters. The van der Waals surface area contributed by atoms with Crippen molar-refractivity contribution in [1.82, 2.24) is 19.9 Å². The SMILES string of the molecule is COCCCNc1cccc2cc(Nc3cnc(C#N)c(O/C(C)=C\N(C)C)n3)ncc12. The quantitative estimate of drug-likeness (QED) is 0.363. The molecule has 0 saturated heterocycles. The van der Waals surface area contributed by atoms with E-state index in [1.807, 2.05) is 55.5 Å². The molecule has 0 radical (unpaired) electrons. The lowest BCUT2D eigenvalue weighted by Crippen LogP contribution is -2.07. The highest BCUT2D eigenvalue weighted by molar-refractivity contribution is 5.94. The summed E-state index contributed by atoms with van der Waals surface area (Å²) in [5.41, 5.74) is 1.13. The number of pyridine rings is 1. The number of nitriles is 1. The molecule has 0 aliphatic carbocycles. The van der Waals surface area contributed by atoms with Crippen molar-refractivity contribution in [2.24, 2.45) is 0 Å². The van der Waals surface area contributed by atoms with Gasteiger partial charge in [0.15, 0.2) is 5.82 Å². The van der Waals surface area contributed by atoms with Gasteiger partial charge in [0.25, 0.3) is 5.88 Å². The van der Waals surface area contributed by atoms with Crippen LogP contribution in [0.15, 0.2) is 48.6 Å². The molecule has 2 N–H and O–H groups in total. The molecule has 32 heavy (non-hydrogen) atoms. The topological polar surface area (TPSA) is 108 Å². The van der Waals surface area contributed by atoms with Crippen molar-refractivity contribution in [3.05, 3.63) is 54.3 Å². The van der Waals surface area contributed by atoms with E-state index in [2.05, 4.69) is 25.6 Å². The monoisotopic (exact) mass is 433 g/mol. The molecule has 2 heterocycles. The van der Waals surface area contributed by atoms with E-state index >= 15 is 0 Å². The predicted octanol–water partition coefficient (Wildman–Crippen LogP) is 3.89. The number of allylic oxidation sites excluding steroid dienone is 1. The number of fused-ring (bicyclic) bond motifs is 1. The maximum atomic E-state index is 9.32. The van der Waals surface area contributed by atoms with Gasteiger partial charge in [0, 0.05) is 57.8 Å². The number of benzene rings is 1. The van der Waals surface area contributed by atoms with Gasteiger partial charge in [0.1, 0.15) is 17.6 Å². The van der Waals surface area contributed by atoms with Crippen LogP contribution in [0.5, 0.6) is 5.88 Å². The average Bonchev–Trinajstić information content (AvgIpc) is 2.76. The summed E-state index contributed by atoms with van der Waals surface area (Å²) < 4.78 is 10.8. The van der Waals surface area contributed by atoms with Gasteiger partial charge in [-0.25, -0.2) is 9.97 Å². The van der Waals surface area contributed by atoms with Gasteiger partial charge in [0.05, 0.1) is 6.20 Å². The Bertz CT molecular complexity index is 1140. The lowest BCUT2D eigenvalue weighted by molar-refractivity contribution is 0.198. The summed E-state index contributed by atoms with van der Waals surface area (Å²) in [7, 11) is 5.46. The summed E-state index contributed by atoms with van der Waals surface area (Å²) in [5, 5.41) is 17.9. The van der Waals surface area contributed by atoms with Crippen molar-refractivity contribution >= 4 is 28.1 Å². The molecule has 0 aliphatic heterocycles. The van der Waals surface area contributed by atoms with Crippen LogP contribution in [-0.2, 0) is 4.74 Å². The van der Waals surface area contributed by atoms with Crippen LogP contribution < -0.4 is 15.4 Å². The Balaban J connectivity index is 1.80. The van der Waals surface area contributed by atoms with Crippen LogP contribution in [0, 0.1) is 11.3 Å². The lowest BCUT2D eigenvalue weighted by Gasteiger charge is -2.12. The summed E-state index contributed by atoms with van der Waals surface area (Å²) >= 11 is 0. The molecule has 0 saturated carbocycles.